The Kier molecular flexibility index (Phi) is 6.38. The smallest absolute Gasteiger partial charge is 0.252 e. The summed E-state index contributed by atoms with van der Waals surface area (Å²) in [4.78, 5) is 15.6. The number of Topliss-reactive ketones (excluding diaryl/α,β-unsaturated/α-hetero) is 1. The van der Waals surface area contributed by atoms with E-state index in [2.05, 4.69) is 10.2 Å². The van der Waals surface area contributed by atoms with Gasteiger partial charge in [0.15, 0.2) is 5.78 Å². The fraction of sp³-hybridized carbons (Fsp3) is 0.375. The molecule has 1 aliphatic heterocycles. The molecule has 0 unspecified atom stereocenters. The summed E-state index contributed by atoms with van der Waals surface area (Å²) in [5.74, 6) is -0.176. The molecular formula is C16H20N2O. The molecule has 3 nitrogen and oxygen atoms in total. The summed E-state index contributed by atoms with van der Waals surface area (Å²) in [7, 11) is 0. The minimum Gasteiger partial charge on any atom is -0.397 e. The fourth-order valence-corrected chi connectivity index (χ4v) is 1.94. The Bertz CT molecular complexity index is 475. The minimum absolute atomic E-state index is 0.176. The fourth-order valence-electron chi connectivity index (χ4n) is 1.94. The summed E-state index contributed by atoms with van der Waals surface area (Å²) in [6.45, 7) is 12.0. The zero-order valence-corrected chi connectivity index (χ0v) is 11.6. The van der Waals surface area contributed by atoms with Crippen LogP contribution in [0, 0.1) is 6.57 Å². The highest BCUT2D eigenvalue weighted by atomic mass is 16.1. The van der Waals surface area contributed by atoms with Crippen LogP contribution in [0.2, 0.25) is 0 Å². The van der Waals surface area contributed by atoms with Gasteiger partial charge in [-0.1, -0.05) is 44.2 Å². The molecule has 1 saturated heterocycles. The third-order valence-electron chi connectivity index (χ3n) is 2.84. The van der Waals surface area contributed by atoms with Crippen LogP contribution in [0.1, 0.15) is 43.5 Å². The van der Waals surface area contributed by atoms with Gasteiger partial charge in [-0.15, -0.1) is 0 Å². The van der Waals surface area contributed by atoms with E-state index < -0.39 is 0 Å². The van der Waals surface area contributed by atoms with Crippen LogP contribution in [0.15, 0.2) is 41.7 Å². The van der Waals surface area contributed by atoms with Crippen molar-refractivity contribution in [2.24, 2.45) is 0 Å². The standard InChI is InChI=1S/C14H14N2O.C2H6/c1-15-13(12-9-5-6-10-16-12)14(17)11-7-3-2-4-8-11;1-2/h2-4,7-8,16H,5-6,9-10H2;1-2H3/b13-12+;. The van der Waals surface area contributed by atoms with Crippen molar-refractivity contribution < 1.29 is 4.79 Å². The Morgan fingerprint density at radius 2 is 1.89 bits per heavy atom. The maximum absolute atomic E-state index is 12.2. The number of hydrogen-bond acceptors (Lipinski definition) is 2. The first-order valence-corrected chi connectivity index (χ1v) is 6.77. The Morgan fingerprint density at radius 1 is 1.21 bits per heavy atom. The summed E-state index contributed by atoms with van der Waals surface area (Å²) in [6.07, 6.45) is 2.95. The summed E-state index contributed by atoms with van der Waals surface area (Å²) < 4.78 is 0. The van der Waals surface area contributed by atoms with E-state index in [1.165, 1.54) is 0 Å². The van der Waals surface area contributed by atoms with Crippen molar-refractivity contribution in [2.45, 2.75) is 33.1 Å². The lowest BCUT2D eigenvalue weighted by Gasteiger charge is -2.18. The number of hydrogen-bond donors (Lipinski definition) is 1. The second-order valence-corrected chi connectivity index (χ2v) is 4.02. The molecule has 0 aromatic heterocycles. The van der Waals surface area contributed by atoms with Gasteiger partial charge in [-0.3, -0.25) is 0 Å². The zero-order chi connectivity index (χ0) is 14.1. The maximum Gasteiger partial charge on any atom is 0.252 e. The number of carbonyl (C=O) groups excluding carboxylic acids is 1. The van der Waals surface area contributed by atoms with Crippen LogP contribution in [0.3, 0.4) is 0 Å². The molecule has 2 rings (SSSR count). The van der Waals surface area contributed by atoms with Crippen molar-refractivity contribution in [1.29, 1.82) is 0 Å². The van der Waals surface area contributed by atoms with Gasteiger partial charge in [-0.05, 0) is 19.3 Å². The van der Waals surface area contributed by atoms with Gasteiger partial charge in [-0.25, -0.2) is 4.85 Å². The number of carbonyl (C=O) groups is 1. The van der Waals surface area contributed by atoms with Gasteiger partial charge in [0.2, 0.25) is 0 Å². The highest BCUT2D eigenvalue weighted by molar-refractivity contribution is 6.10. The van der Waals surface area contributed by atoms with Crippen LogP contribution in [0.25, 0.3) is 4.85 Å². The molecule has 0 amide bonds. The van der Waals surface area contributed by atoms with E-state index in [0.717, 1.165) is 31.5 Å². The molecule has 1 N–H and O–H groups in total. The number of nitrogens with one attached hydrogen (secondary N) is 1. The number of allylic oxidation sites excluding steroid dienone is 2. The Labute approximate surface area is 115 Å². The van der Waals surface area contributed by atoms with Crippen molar-refractivity contribution in [3.8, 4) is 0 Å². The Hall–Kier alpha value is -2.08. The van der Waals surface area contributed by atoms with Crippen LogP contribution >= 0.6 is 0 Å². The van der Waals surface area contributed by atoms with Crippen molar-refractivity contribution in [2.75, 3.05) is 6.54 Å². The van der Waals surface area contributed by atoms with Crippen LogP contribution in [0.5, 0.6) is 0 Å². The molecule has 0 bridgehead atoms. The Morgan fingerprint density at radius 3 is 2.42 bits per heavy atom. The molecule has 0 radical (unpaired) electrons. The molecule has 1 fully saturated rings. The average molecular weight is 256 g/mol. The monoisotopic (exact) mass is 256 g/mol. The molecule has 0 atom stereocenters. The molecule has 1 aliphatic rings. The SMILES string of the molecule is CC.[C-]#[N+]/C(C(=O)c1ccccc1)=C1\CCCCN1. The van der Waals surface area contributed by atoms with Crippen LogP contribution in [-0.4, -0.2) is 12.3 Å². The van der Waals surface area contributed by atoms with E-state index in [9.17, 15) is 4.79 Å². The first-order chi connectivity index (χ1) is 9.33. The number of piperidine rings is 1. The van der Waals surface area contributed by atoms with Crippen molar-refractivity contribution in [3.63, 3.8) is 0 Å². The summed E-state index contributed by atoms with van der Waals surface area (Å²) in [5, 5.41) is 3.17. The summed E-state index contributed by atoms with van der Waals surface area (Å²) in [5.41, 5.74) is 1.63. The highest BCUT2D eigenvalue weighted by Crippen LogP contribution is 2.19. The quantitative estimate of drug-likeness (QED) is 0.496. The molecule has 19 heavy (non-hydrogen) atoms. The second-order valence-electron chi connectivity index (χ2n) is 4.02. The second kappa shape index (κ2) is 8.10. The predicted molar refractivity (Wildman–Crippen MR) is 77.6 cm³/mol. The van der Waals surface area contributed by atoms with E-state index >= 15 is 0 Å². The number of rotatable bonds is 2. The number of ketones is 1. The molecule has 0 aliphatic carbocycles. The summed E-state index contributed by atoms with van der Waals surface area (Å²) in [6, 6.07) is 8.98. The van der Waals surface area contributed by atoms with Gasteiger partial charge in [0.25, 0.3) is 5.70 Å². The third-order valence-corrected chi connectivity index (χ3v) is 2.84. The Balaban J connectivity index is 0.000000861. The molecule has 3 heteroatoms. The lowest BCUT2D eigenvalue weighted by Crippen LogP contribution is -2.23. The van der Waals surface area contributed by atoms with E-state index in [1.807, 2.05) is 32.0 Å². The molecule has 1 heterocycles. The highest BCUT2D eigenvalue weighted by Gasteiger charge is 2.18. The van der Waals surface area contributed by atoms with Gasteiger partial charge in [0, 0.05) is 17.8 Å². The average Bonchev–Trinajstić information content (AvgIpc) is 2.52. The lowest BCUT2D eigenvalue weighted by molar-refractivity contribution is 0.103. The van der Waals surface area contributed by atoms with E-state index in [4.69, 9.17) is 6.57 Å². The van der Waals surface area contributed by atoms with Gasteiger partial charge < -0.3 is 10.1 Å². The summed E-state index contributed by atoms with van der Waals surface area (Å²) >= 11 is 0. The van der Waals surface area contributed by atoms with E-state index in [1.54, 1.807) is 12.1 Å². The number of benzene rings is 1. The first-order valence-electron chi connectivity index (χ1n) is 6.77. The molecule has 0 spiro atoms. The number of nitrogens with zero attached hydrogens (tertiary/aromatic N) is 1. The maximum atomic E-state index is 12.2. The van der Waals surface area contributed by atoms with Gasteiger partial charge >= 0.3 is 0 Å². The molecule has 1 aromatic rings. The normalized spacial score (nSPS) is 16.3. The van der Waals surface area contributed by atoms with Gasteiger partial charge in [0.1, 0.15) is 0 Å². The molecule has 0 saturated carbocycles. The largest absolute Gasteiger partial charge is 0.397 e. The van der Waals surface area contributed by atoms with Gasteiger partial charge in [-0.2, -0.15) is 0 Å². The van der Waals surface area contributed by atoms with Crippen molar-refractivity contribution >= 4 is 5.78 Å². The van der Waals surface area contributed by atoms with Gasteiger partial charge in [0.05, 0.1) is 6.57 Å². The van der Waals surface area contributed by atoms with Crippen molar-refractivity contribution in [1.82, 2.24) is 5.32 Å². The zero-order valence-electron chi connectivity index (χ0n) is 11.6. The first kappa shape index (κ1) is 15.0. The van der Waals surface area contributed by atoms with E-state index in [0.29, 0.717) is 5.56 Å². The topological polar surface area (TPSA) is 33.5 Å². The van der Waals surface area contributed by atoms with E-state index in [-0.39, 0.29) is 11.5 Å². The molecule has 100 valence electrons. The third kappa shape index (κ3) is 3.96. The predicted octanol–water partition coefficient (Wildman–Crippen LogP) is 3.80. The van der Waals surface area contributed by atoms with Crippen LogP contribution in [0.4, 0.5) is 0 Å². The molecular weight excluding hydrogens is 236 g/mol. The lowest BCUT2D eigenvalue weighted by atomic mass is 10.0. The molecule has 1 aromatic carbocycles. The van der Waals surface area contributed by atoms with Crippen LogP contribution < -0.4 is 5.32 Å². The van der Waals surface area contributed by atoms with Crippen LogP contribution in [-0.2, 0) is 0 Å². The van der Waals surface area contributed by atoms with Crippen molar-refractivity contribution in [3.05, 3.63) is 58.7 Å². The minimum atomic E-state index is -0.176.